The van der Waals surface area contributed by atoms with Crippen molar-refractivity contribution < 1.29 is 4.79 Å². The van der Waals surface area contributed by atoms with E-state index in [1.807, 2.05) is 21.7 Å². The van der Waals surface area contributed by atoms with Gasteiger partial charge in [0.2, 0.25) is 0 Å². The lowest BCUT2D eigenvalue weighted by Gasteiger charge is -2.28. The highest BCUT2D eigenvalue weighted by Gasteiger charge is 2.27. The molecule has 1 aliphatic rings. The Labute approximate surface area is 150 Å². The van der Waals surface area contributed by atoms with Crippen LogP contribution >= 0.6 is 0 Å². The molecule has 3 rings (SSSR count). The first-order valence-corrected chi connectivity index (χ1v) is 9.15. The maximum absolute atomic E-state index is 12.9. The van der Waals surface area contributed by atoms with E-state index in [1.165, 1.54) is 5.56 Å². The SMILES string of the molecule is CC1CN(Cc2ccccc2)CCCN1C(=O)c1cn(C(C)C)cn1. The summed E-state index contributed by atoms with van der Waals surface area (Å²) in [4.78, 5) is 21.6. The molecule has 0 aliphatic carbocycles. The lowest BCUT2D eigenvalue weighted by Crippen LogP contribution is -2.42. The highest BCUT2D eigenvalue weighted by molar-refractivity contribution is 5.92. The summed E-state index contributed by atoms with van der Waals surface area (Å²) in [6.45, 7) is 9.96. The number of carbonyl (C=O) groups is 1. The van der Waals surface area contributed by atoms with Crippen molar-refractivity contribution in [2.45, 2.75) is 45.8 Å². The van der Waals surface area contributed by atoms with E-state index in [9.17, 15) is 4.79 Å². The Morgan fingerprint density at radius 1 is 1.24 bits per heavy atom. The summed E-state index contributed by atoms with van der Waals surface area (Å²) in [7, 11) is 0. The van der Waals surface area contributed by atoms with Crippen LogP contribution in [0.3, 0.4) is 0 Å². The van der Waals surface area contributed by atoms with Crippen molar-refractivity contribution in [3.8, 4) is 0 Å². The fraction of sp³-hybridized carbons (Fsp3) is 0.500. The van der Waals surface area contributed by atoms with Crippen LogP contribution in [0.4, 0.5) is 0 Å². The number of hydrogen-bond donors (Lipinski definition) is 0. The molecule has 0 radical (unpaired) electrons. The summed E-state index contributed by atoms with van der Waals surface area (Å²) in [6.07, 6.45) is 4.61. The summed E-state index contributed by atoms with van der Waals surface area (Å²) in [5, 5.41) is 0. The van der Waals surface area contributed by atoms with E-state index >= 15 is 0 Å². The first kappa shape index (κ1) is 17.7. The average Bonchev–Trinajstić information content (AvgIpc) is 3.02. The molecule has 1 atom stereocenters. The fourth-order valence-electron chi connectivity index (χ4n) is 3.41. The normalized spacial score (nSPS) is 19.2. The van der Waals surface area contributed by atoms with E-state index < -0.39 is 0 Å². The number of aromatic nitrogens is 2. The molecule has 0 bridgehead atoms. The Hall–Kier alpha value is -2.14. The van der Waals surface area contributed by atoms with Crippen LogP contribution in [0.25, 0.3) is 0 Å². The van der Waals surface area contributed by atoms with Crippen LogP contribution in [-0.4, -0.2) is 50.9 Å². The number of nitrogens with zero attached hydrogens (tertiary/aromatic N) is 4. The summed E-state index contributed by atoms with van der Waals surface area (Å²) < 4.78 is 1.98. The number of benzene rings is 1. The summed E-state index contributed by atoms with van der Waals surface area (Å²) in [6, 6.07) is 11.0. The van der Waals surface area contributed by atoms with Gasteiger partial charge in [-0.05, 0) is 32.8 Å². The second-order valence-corrected chi connectivity index (χ2v) is 7.22. The Balaban J connectivity index is 1.66. The molecule has 1 aliphatic heterocycles. The summed E-state index contributed by atoms with van der Waals surface area (Å²) in [5.74, 6) is 0.0495. The molecule has 0 spiro atoms. The molecular formula is C20H28N4O. The van der Waals surface area contributed by atoms with Crippen molar-refractivity contribution in [3.05, 3.63) is 54.1 Å². The van der Waals surface area contributed by atoms with Gasteiger partial charge in [0, 0.05) is 44.5 Å². The van der Waals surface area contributed by atoms with E-state index in [-0.39, 0.29) is 11.9 Å². The van der Waals surface area contributed by atoms with Gasteiger partial charge in [-0.1, -0.05) is 30.3 Å². The minimum absolute atomic E-state index is 0.0495. The highest BCUT2D eigenvalue weighted by Crippen LogP contribution is 2.16. The Bertz CT molecular complexity index is 695. The monoisotopic (exact) mass is 340 g/mol. The smallest absolute Gasteiger partial charge is 0.274 e. The van der Waals surface area contributed by atoms with Crippen LogP contribution in [0.1, 0.15) is 49.3 Å². The van der Waals surface area contributed by atoms with Crippen molar-refractivity contribution in [2.24, 2.45) is 0 Å². The number of hydrogen-bond acceptors (Lipinski definition) is 3. The molecule has 1 amide bonds. The minimum atomic E-state index is 0.0495. The maximum Gasteiger partial charge on any atom is 0.274 e. The van der Waals surface area contributed by atoms with Gasteiger partial charge in [0.15, 0.2) is 0 Å². The van der Waals surface area contributed by atoms with Crippen molar-refractivity contribution in [1.82, 2.24) is 19.4 Å². The summed E-state index contributed by atoms with van der Waals surface area (Å²) >= 11 is 0. The van der Waals surface area contributed by atoms with Crippen LogP contribution in [0, 0.1) is 0 Å². The Morgan fingerprint density at radius 3 is 2.68 bits per heavy atom. The Morgan fingerprint density at radius 2 is 2.00 bits per heavy atom. The van der Waals surface area contributed by atoms with Gasteiger partial charge in [-0.2, -0.15) is 0 Å². The standard InChI is InChI=1S/C20H28N4O/c1-16(2)23-14-19(21-15-23)20(25)24-11-7-10-22(12-17(24)3)13-18-8-5-4-6-9-18/h4-6,8-9,14-17H,7,10-13H2,1-3H3. The zero-order chi connectivity index (χ0) is 17.8. The maximum atomic E-state index is 12.9. The van der Waals surface area contributed by atoms with Gasteiger partial charge in [-0.3, -0.25) is 9.69 Å². The molecule has 25 heavy (non-hydrogen) atoms. The average molecular weight is 340 g/mol. The van der Waals surface area contributed by atoms with Gasteiger partial charge >= 0.3 is 0 Å². The first-order valence-electron chi connectivity index (χ1n) is 9.15. The van der Waals surface area contributed by atoms with Crippen molar-refractivity contribution in [3.63, 3.8) is 0 Å². The largest absolute Gasteiger partial charge is 0.334 e. The third kappa shape index (κ3) is 4.28. The van der Waals surface area contributed by atoms with Gasteiger partial charge in [0.05, 0.1) is 6.33 Å². The predicted molar refractivity (Wildman–Crippen MR) is 99.4 cm³/mol. The fourth-order valence-corrected chi connectivity index (χ4v) is 3.41. The second kappa shape index (κ2) is 7.83. The topological polar surface area (TPSA) is 41.4 Å². The van der Waals surface area contributed by atoms with Crippen molar-refractivity contribution in [1.29, 1.82) is 0 Å². The van der Waals surface area contributed by atoms with Crippen LogP contribution in [0.5, 0.6) is 0 Å². The molecule has 1 saturated heterocycles. The van der Waals surface area contributed by atoms with E-state index in [1.54, 1.807) is 6.33 Å². The van der Waals surface area contributed by atoms with Crippen LogP contribution in [0.2, 0.25) is 0 Å². The van der Waals surface area contributed by atoms with Gasteiger partial charge in [-0.15, -0.1) is 0 Å². The molecule has 2 aromatic rings. The zero-order valence-electron chi connectivity index (χ0n) is 15.4. The molecule has 0 saturated carbocycles. The lowest BCUT2D eigenvalue weighted by molar-refractivity contribution is 0.0686. The Kier molecular flexibility index (Phi) is 5.53. The number of amides is 1. The predicted octanol–water partition coefficient (Wildman–Crippen LogP) is 3.20. The van der Waals surface area contributed by atoms with Crippen LogP contribution in [-0.2, 0) is 6.54 Å². The molecule has 1 aromatic heterocycles. The molecule has 2 heterocycles. The number of imidazole rings is 1. The molecule has 1 unspecified atom stereocenters. The lowest BCUT2D eigenvalue weighted by atomic mass is 10.2. The molecule has 5 heteroatoms. The number of rotatable bonds is 4. The zero-order valence-corrected chi connectivity index (χ0v) is 15.4. The van der Waals surface area contributed by atoms with Crippen molar-refractivity contribution in [2.75, 3.05) is 19.6 Å². The summed E-state index contributed by atoms with van der Waals surface area (Å²) in [5.41, 5.74) is 1.88. The third-order valence-corrected chi connectivity index (χ3v) is 4.85. The van der Waals surface area contributed by atoms with E-state index in [0.29, 0.717) is 11.7 Å². The van der Waals surface area contributed by atoms with Gasteiger partial charge < -0.3 is 9.47 Å². The first-order chi connectivity index (χ1) is 12.0. The molecule has 134 valence electrons. The van der Waals surface area contributed by atoms with E-state index in [2.05, 4.69) is 54.9 Å². The second-order valence-electron chi connectivity index (χ2n) is 7.22. The quantitative estimate of drug-likeness (QED) is 0.858. The van der Waals surface area contributed by atoms with E-state index in [0.717, 1.165) is 32.6 Å². The molecule has 0 N–H and O–H groups in total. The van der Waals surface area contributed by atoms with Crippen LogP contribution < -0.4 is 0 Å². The third-order valence-electron chi connectivity index (χ3n) is 4.85. The minimum Gasteiger partial charge on any atom is -0.334 e. The molecule has 1 aromatic carbocycles. The van der Waals surface area contributed by atoms with Gasteiger partial charge in [0.1, 0.15) is 5.69 Å². The highest BCUT2D eigenvalue weighted by atomic mass is 16.2. The van der Waals surface area contributed by atoms with Crippen molar-refractivity contribution >= 4 is 5.91 Å². The van der Waals surface area contributed by atoms with Gasteiger partial charge in [0.25, 0.3) is 5.91 Å². The van der Waals surface area contributed by atoms with E-state index in [4.69, 9.17) is 0 Å². The van der Waals surface area contributed by atoms with Crippen LogP contribution in [0.15, 0.2) is 42.9 Å². The number of carbonyl (C=O) groups excluding carboxylic acids is 1. The van der Waals surface area contributed by atoms with Gasteiger partial charge in [-0.25, -0.2) is 4.98 Å². The molecule has 5 nitrogen and oxygen atoms in total. The molecule has 1 fully saturated rings. The molecular weight excluding hydrogens is 312 g/mol.